The number of hydrogen-bond acceptors (Lipinski definition) is 2. The maximum atomic E-state index is 13.0. The Morgan fingerprint density at radius 3 is 2.83 bits per heavy atom. The SMILES string of the molecule is CCCCN1CCCCC1CNC(=O)C1CC1c1ccc(F)cc1. The molecule has 0 radical (unpaired) electrons. The summed E-state index contributed by atoms with van der Waals surface area (Å²) in [5.41, 5.74) is 1.08. The molecule has 0 bridgehead atoms. The second-order valence-electron chi connectivity index (χ2n) is 7.28. The van der Waals surface area contributed by atoms with Crippen LogP contribution in [0.4, 0.5) is 4.39 Å². The Labute approximate surface area is 144 Å². The molecule has 1 N–H and O–H groups in total. The number of rotatable bonds is 7. The average molecular weight is 332 g/mol. The summed E-state index contributed by atoms with van der Waals surface area (Å²) < 4.78 is 13.0. The molecule has 0 spiro atoms. The molecule has 1 aliphatic heterocycles. The Kier molecular flexibility index (Phi) is 5.88. The summed E-state index contributed by atoms with van der Waals surface area (Å²) >= 11 is 0. The average Bonchev–Trinajstić information content (AvgIpc) is 3.40. The highest BCUT2D eigenvalue weighted by atomic mass is 19.1. The molecule has 132 valence electrons. The van der Waals surface area contributed by atoms with Crippen molar-refractivity contribution in [1.82, 2.24) is 10.2 Å². The number of amides is 1. The molecule has 1 aromatic carbocycles. The van der Waals surface area contributed by atoms with E-state index in [0.29, 0.717) is 6.04 Å². The van der Waals surface area contributed by atoms with E-state index in [-0.39, 0.29) is 23.6 Å². The number of hydrogen-bond donors (Lipinski definition) is 1. The van der Waals surface area contributed by atoms with E-state index in [1.165, 1.54) is 50.8 Å². The van der Waals surface area contributed by atoms with Crippen molar-refractivity contribution in [3.05, 3.63) is 35.6 Å². The zero-order chi connectivity index (χ0) is 16.9. The van der Waals surface area contributed by atoms with Gasteiger partial charge in [-0.25, -0.2) is 4.39 Å². The Balaban J connectivity index is 1.46. The minimum absolute atomic E-state index is 0.0724. The molecular formula is C20H29FN2O. The molecule has 3 rings (SSSR count). The molecule has 1 heterocycles. The highest BCUT2D eigenvalue weighted by Gasteiger charge is 2.43. The van der Waals surface area contributed by atoms with Gasteiger partial charge in [0.2, 0.25) is 5.91 Å². The van der Waals surface area contributed by atoms with Gasteiger partial charge in [-0.2, -0.15) is 0 Å². The fourth-order valence-electron chi connectivity index (χ4n) is 3.86. The number of nitrogens with zero attached hydrogens (tertiary/aromatic N) is 1. The van der Waals surface area contributed by atoms with Crippen LogP contribution >= 0.6 is 0 Å². The fourth-order valence-corrected chi connectivity index (χ4v) is 3.86. The van der Waals surface area contributed by atoms with Gasteiger partial charge in [-0.1, -0.05) is 31.9 Å². The number of carbonyl (C=O) groups excluding carboxylic acids is 1. The number of nitrogens with one attached hydrogen (secondary N) is 1. The van der Waals surface area contributed by atoms with Crippen LogP contribution in [0.15, 0.2) is 24.3 Å². The van der Waals surface area contributed by atoms with Crippen LogP contribution in [0.25, 0.3) is 0 Å². The van der Waals surface area contributed by atoms with Crippen LogP contribution in [0.2, 0.25) is 0 Å². The van der Waals surface area contributed by atoms with E-state index in [1.54, 1.807) is 12.1 Å². The largest absolute Gasteiger partial charge is 0.354 e. The summed E-state index contributed by atoms with van der Waals surface area (Å²) in [5, 5.41) is 3.18. The second-order valence-corrected chi connectivity index (χ2v) is 7.28. The minimum atomic E-state index is -0.218. The topological polar surface area (TPSA) is 32.3 Å². The van der Waals surface area contributed by atoms with Crippen molar-refractivity contribution in [3.63, 3.8) is 0 Å². The number of carbonyl (C=O) groups is 1. The number of benzene rings is 1. The number of unbranched alkanes of at least 4 members (excludes halogenated alkanes) is 1. The predicted octanol–water partition coefficient (Wildman–Crippen LogP) is 3.70. The van der Waals surface area contributed by atoms with Crippen LogP contribution in [0.5, 0.6) is 0 Å². The number of halogens is 1. The molecule has 2 aliphatic rings. The maximum Gasteiger partial charge on any atom is 0.223 e. The first kappa shape index (κ1) is 17.4. The Hall–Kier alpha value is -1.42. The normalized spacial score (nSPS) is 27.0. The van der Waals surface area contributed by atoms with Crippen molar-refractivity contribution >= 4 is 5.91 Å². The van der Waals surface area contributed by atoms with E-state index in [2.05, 4.69) is 17.1 Å². The smallest absolute Gasteiger partial charge is 0.223 e. The van der Waals surface area contributed by atoms with Crippen LogP contribution < -0.4 is 5.32 Å². The van der Waals surface area contributed by atoms with E-state index in [0.717, 1.165) is 25.1 Å². The molecule has 1 aliphatic carbocycles. The lowest BCUT2D eigenvalue weighted by atomic mass is 10.0. The lowest BCUT2D eigenvalue weighted by Gasteiger charge is -2.35. The third kappa shape index (κ3) is 4.35. The summed E-state index contributed by atoms with van der Waals surface area (Å²) in [6, 6.07) is 7.08. The van der Waals surface area contributed by atoms with E-state index in [1.807, 2.05) is 0 Å². The van der Waals surface area contributed by atoms with Gasteiger partial charge in [0.15, 0.2) is 0 Å². The van der Waals surface area contributed by atoms with Gasteiger partial charge in [-0.05, 0) is 62.4 Å². The van der Waals surface area contributed by atoms with Gasteiger partial charge in [-0.15, -0.1) is 0 Å². The van der Waals surface area contributed by atoms with Crippen molar-refractivity contribution in [2.75, 3.05) is 19.6 Å². The van der Waals surface area contributed by atoms with Gasteiger partial charge in [0.05, 0.1) is 0 Å². The number of likely N-dealkylation sites (tertiary alicyclic amines) is 1. The van der Waals surface area contributed by atoms with Crippen molar-refractivity contribution < 1.29 is 9.18 Å². The third-order valence-electron chi connectivity index (χ3n) is 5.49. The summed E-state index contributed by atoms with van der Waals surface area (Å²) in [5.74, 6) is 0.298. The highest BCUT2D eigenvalue weighted by Crippen LogP contribution is 2.47. The minimum Gasteiger partial charge on any atom is -0.354 e. The molecule has 3 unspecified atom stereocenters. The van der Waals surface area contributed by atoms with Crippen molar-refractivity contribution in [1.29, 1.82) is 0 Å². The van der Waals surface area contributed by atoms with Gasteiger partial charge in [0.1, 0.15) is 5.82 Å². The van der Waals surface area contributed by atoms with Crippen molar-refractivity contribution in [2.24, 2.45) is 5.92 Å². The van der Waals surface area contributed by atoms with Crippen LogP contribution in [-0.2, 0) is 4.79 Å². The molecule has 4 heteroatoms. The summed E-state index contributed by atoms with van der Waals surface area (Å²) in [4.78, 5) is 15.0. The molecule has 2 fully saturated rings. The fraction of sp³-hybridized carbons (Fsp3) is 0.650. The first-order valence-corrected chi connectivity index (χ1v) is 9.46. The lowest BCUT2D eigenvalue weighted by Crippen LogP contribution is -2.47. The summed E-state index contributed by atoms with van der Waals surface area (Å²) in [7, 11) is 0. The van der Waals surface area contributed by atoms with Crippen LogP contribution in [0.3, 0.4) is 0 Å². The zero-order valence-electron chi connectivity index (χ0n) is 14.6. The van der Waals surface area contributed by atoms with Crippen LogP contribution in [0.1, 0.15) is 56.9 Å². The first-order chi connectivity index (χ1) is 11.7. The molecule has 1 saturated carbocycles. The van der Waals surface area contributed by atoms with Crippen LogP contribution in [-0.4, -0.2) is 36.5 Å². The van der Waals surface area contributed by atoms with E-state index in [4.69, 9.17) is 0 Å². The summed E-state index contributed by atoms with van der Waals surface area (Å²) in [6.45, 7) is 5.32. The number of piperidine rings is 1. The zero-order valence-corrected chi connectivity index (χ0v) is 14.6. The van der Waals surface area contributed by atoms with Gasteiger partial charge in [0.25, 0.3) is 0 Å². The van der Waals surface area contributed by atoms with Gasteiger partial charge in [0, 0.05) is 18.5 Å². The monoisotopic (exact) mass is 332 g/mol. The predicted molar refractivity (Wildman–Crippen MR) is 94.4 cm³/mol. The highest BCUT2D eigenvalue weighted by molar-refractivity contribution is 5.82. The Bertz CT molecular complexity index is 545. The van der Waals surface area contributed by atoms with Gasteiger partial charge in [-0.3, -0.25) is 9.69 Å². The van der Waals surface area contributed by atoms with Crippen molar-refractivity contribution in [3.8, 4) is 0 Å². The lowest BCUT2D eigenvalue weighted by molar-refractivity contribution is -0.122. The quantitative estimate of drug-likeness (QED) is 0.826. The molecule has 1 saturated heterocycles. The van der Waals surface area contributed by atoms with E-state index in [9.17, 15) is 9.18 Å². The molecule has 3 nitrogen and oxygen atoms in total. The van der Waals surface area contributed by atoms with E-state index < -0.39 is 0 Å². The van der Waals surface area contributed by atoms with Gasteiger partial charge >= 0.3 is 0 Å². The standard InChI is InChI=1S/C20H29FN2O/c1-2-3-11-23-12-5-4-6-17(23)14-22-20(24)19-13-18(19)15-7-9-16(21)10-8-15/h7-10,17-19H,2-6,11-14H2,1H3,(H,22,24). The molecule has 1 amide bonds. The van der Waals surface area contributed by atoms with Crippen molar-refractivity contribution in [2.45, 2.75) is 57.4 Å². The molecule has 0 aromatic heterocycles. The van der Waals surface area contributed by atoms with Crippen LogP contribution in [0, 0.1) is 11.7 Å². The maximum absolute atomic E-state index is 13.0. The van der Waals surface area contributed by atoms with Gasteiger partial charge < -0.3 is 5.32 Å². The second kappa shape index (κ2) is 8.11. The van der Waals surface area contributed by atoms with E-state index >= 15 is 0 Å². The summed E-state index contributed by atoms with van der Waals surface area (Å²) in [6.07, 6.45) is 7.09. The Morgan fingerprint density at radius 2 is 2.08 bits per heavy atom. The molecular weight excluding hydrogens is 303 g/mol. The first-order valence-electron chi connectivity index (χ1n) is 9.46. The third-order valence-corrected chi connectivity index (χ3v) is 5.49. The molecule has 3 atom stereocenters. The Morgan fingerprint density at radius 1 is 1.29 bits per heavy atom. The molecule has 24 heavy (non-hydrogen) atoms. The molecule has 1 aromatic rings.